The van der Waals surface area contributed by atoms with Gasteiger partial charge in [-0.3, -0.25) is 0 Å². The Morgan fingerprint density at radius 2 is 2.20 bits per heavy atom. The van der Waals surface area contributed by atoms with Crippen LogP contribution in [-0.2, 0) is 0 Å². The molecule has 0 radical (unpaired) electrons. The molecule has 58 valence electrons. The van der Waals surface area contributed by atoms with Gasteiger partial charge in [0, 0.05) is 0 Å². The standard InChI is InChI=1S/C8H13IN/c1-5-10-8(3)6-7(2)9-4/h5-6H,2H2,1,3-4H3/q-1/b8-6+,10-5?. The maximum atomic E-state index is 4.11. The van der Waals surface area contributed by atoms with E-state index in [2.05, 4.69) is 16.5 Å². The zero-order valence-electron chi connectivity index (χ0n) is 6.69. The number of aliphatic imine (C=N–C) groups is 1. The fourth-order valence-electron chi connectivity index (χ4n) is 0.522. The van der Waals surface area contributed by atoms with Crippen LogP contribution in [0.3, 0.4) is 0 Å². The first-order valence-electron chi connectivity index (χ1n) is 3.06. The topological polar surface area (TPSA) is 12.4 Å². The van der Waals surface area contributed by atoms with Crippen LogP contribution in [0.25, 0.3) is 0 Å². The van der Waals surface area contributed by atoms with Gasteiger partial charge in [-0.2, -0.15) is 0 Å². The van der Waals surface area contributed by atoms with Crippen LogP contribution in [0.5, 0.6) is 0 Å². The number of nitrogens with zero attached hydrogens (tertiary/aromatic N) is 1. The van der Waals surface area contributed by atoms with Crippen LogP contribution in [0.4, 0.5) is 0 Å². The Bertz CT molecular complexity index is 168. The molecule has 0 rings (SSSR count). The fourth-order valence-corrected chi connectivity index (χ4v) is 1.28. The zero-order valence-corrected chi connectivity index (χ0v) is 8.84. The van der Waals surface area contributed by atoms with Gasteiger partial charge in [0.15, 0.2) is 0 Å². The van der Waals surface area contributed by atoms with E-state index in [9.17, 15) is 0 Å². The SMILES string of the molecule is C=C(/C=C(\C)N=CC)[I-]C. The van der Waals surface area contributed by atoms with E-state index in [4.69, 9.17) is 0 Å². The summed E-state index contributed by atoms with van der Waals surface area (Å²) in [5.74, 6) is 0. The number of alkyl halides is 1. The molecule has 0 aromatic heterocycles. The van der Waals surface area contributed by atoms with E-state index in [0.29, 0.717) is 0 Å². The summed E-state index contributed by atoms with van der Waals surface area (Å²) in [5.41, 5.74) is 1.05. The third-order valence-corrected chi connectivity index (χ3v) is 2.64. The van der Waals surface area contributed by atoms with Crippen molar-refractivity contribution in [3.63, 3.8) is 0 Å². The van der Waals surface area contributed by atoms with Gasteiger partial charge in [0.2, 0.25) is 0 Å². The molecule has 0 saturated heterocycles. The average Bonchev–Trinajstić information content (AvgIpc) is 1.88. The van der Waals surface area contributed by atoms with Gasteiger partial charge < -0.3 is 0 Å². The molecule has 0 aromatic carbocycles. The predicted molar refractivity (Wildman–Crippen MR) is 43.0 cm³/mol. The van der Waals surface area contributed by atoms with E-state index >= 15 is 0 Å². The second kappa shape index (κ2) is 5.65. The van der Waals surface area contributed by atoms with Gasteiger partial charge in [-0.15, -0.1) is 0 Å². The van der Waals surface area contributed by atoms with Crippen LogP contribution >= 0.6 is 0 Å². The number of hydrogen-bond acceptors (Lipinski definition) is 1. The molecule has 0 aliphatic carbocycles. The molecule has 0 N–H and O–H groups in total. The molecule has 0 aliphatic rings. The molecule has 0 heterocycles. The van der Waals surface area contributed by atoms with Gasteiger partial charge in [0.1, 0.15) is 0 Å². The van der Waals surface area contributed by atoms with Crippen molar-refractivity contribution in [3.8, 4) is 0 Å². The summed E-state index contributed by atoms with van der Waals surface area (Å²) >= 11 is 0.155. The normalized spacial score (nSPS) is 12.9. The van der Waals surface area contributed by atoms with Crippen molar-refractivity contribution >= 4 is 6.21 Å². The van der Waals surface area contributed by atoms with Crippen LogP contribution in [-0.4, -0.2) is 11.1 Å². The molecular formula is C8H13IN-. The van der Waals surface area contributed by atoms with Crippen molar-refractivity contribution < 1.29 is 21.2 Å². The zero-order chi connectivity index (χ0) is 7.98. The van der Waals surface area contributed by atoms with Gasteiger partial charge in [-0.1, -0.05) is 0 Å². The van der Waals surface area contributed by atoms with Gasteiger partial charge in [0.25, 0.3) is 0 Å². The van der Waals surface area contributed by atoms with Crippen LogP contribution < -0.4 is 21.2 Å². The minimum atomic E-state index is 0.155. The van der Waals surface area contributed by atoms with E-state index in [-0.39, 0.29) is 21.2 Å². The summed E-state index contributed by atoms with van der Waals surface area (Å²) < 4.78 is 1.24. The predicted octanol–water partition coefficient (Wildman–Crippen LogP) is -0.787. The van der Waals surface area contributed by atoms with E-state index in [1.54, 1.807) is 6.21 Å². The summed E-state index contributed by atoms with van der Waals surface area (Å²) in [5, 5.41) is 0. The first kappa shape index (κ1) is 9.88. The Labute approximate surface area is 73.2 Å². The second-order valence-electron chi connectivity index (χ2n) is 1.81. The van der Waals surface area contributed by atoms with Crippen molar-refractivity contribution in [1.82, 2.24) is 0 Å². The molecule has 0 unspecified atom stereocenters. The van der Waals surface area contributed by atoms with Crippen molar-refractivity contribution in [2.75, 3.05) is 4.93 Å². The number of halogens is 1. The van der Waals surface area contributed by atoms with E-state index in [1.807, 2.05) is 19.9 Å². The number of hydrogen-bond donors (Lipinski definition) is 0. The summed E-state index contributed by atoms with van der Waals surface area (Å²) in [4.78, 5) is 6.30. The molecular weight excluding hydrogens is 237 g/mol. The third-order valence-electron chi connectivity index (χ3n) is 0.941. The number of allylic oxidation sites excluding steroid dienone is 3. The fraction of sp³-hybridized carbons (Fsp3) is 0.375. The third kappa shape index (κ3) is 4.73. The molecule has 0 fully saturated rings. The van der Waals surface area contributed by atoms with Gasteiger partial charge in [-0.05, 0) is 0 Å². The molecule has 0 bridgehead atoms. The summed E-state index contributed by atoms with van der Waals surface area (Å²) in [6.07, 6.45) is 3.85. The van der Waals surface area contributed by atoms with Crippen LogP contribution in [0.2, 0.25) is 0 Å². The maximum absolute atomic E-state index is 4.11. The first-order valence-corrected chi connectivity index (χ1v) is 6.29. The van der Waals surface area contributed by atoms with Gasteiger partial charge >= 0.3 is 73.1 Å². The molecule has 0 atom stereocenters. The summed E-state index contributed by atoms with van der Waals surface area (Å²) in [6, 6.07) is 0. The second-order valence-corrected chi connectivity index (χ2v) is 4.27. The van der Waals surface area contributed by atoms with E-state index in [0.717, 1.165) is 5.70 Å². The van der Waals surface area contributed by atoms with Crippen molar-refractivity contribution in [2.45, 2.75) is 13.8 Å². The molecule has 10 heavy (non-hydrogen) atoms. The molecule has 0 amide bonds. The quantitative estimate of drug-likeness (QED) is 0.269. The Balaban J connectivity index is 4.02. The monoisotopic (exact) mass is 250 g/mol. The molecule has 0 aromatic rings. The molecule has 1 nitrogen and oxygen atoms in total. The molecule has 0 aliphatic heterocycles. The van der Waals surface area contributed by atoms with Crippen molar-refractivity contribution in [1.29, 1.82) is 0 Å². The Kier molecular flexibility index (Phi) is 5.58. The van der Waals surface area contributed by atoms with Crippen LogP contribution in [0.15, 0.2) is 26.9 Å². The van der Waals surface area contributed by atoms with Crippen molar-refractivity contribution in [3.05, 3.63) is 21.9 Å². The number of rotatable bonds is 3. The Hall–Kier alpha value is -0.120. The molecule has 2 heteroatoms. The summed E-state index contributed by atoms with van der Waals surface area (Å²) in [7, 11) is 0. The van der Waals surface area contributed by atoms with Crippen molar-refractivity contribution in [2.24, 2.45) is 4.99 Å². The first-order chi connectivity index (χ1) is 4.70. The van der Waals surface area contributed by atoms with E-state index < -0.39 is 0 Å². The van der Waals surface area contributed by atoms with Gasteiger partial charge in [0.05, 0.1) is 0 Å². The summed E-state index contributed by atoms with van der Waals surface area (Å²) in [6.45, 7) is 7.80. The minimum absolute atomic E-state index is 0.155. The Morgan fingerprint density at radius 3 is 2.60 bits per heavy atom. The average molecular weight is 250 g/mol. The van der Waals surface area contributed by atoms with Crippen LogP contribution in [0.1, 0.15) is 13.8 Å². The molecule has 0 saturated carbocycles. The van der Waals surface area contributed by atoms with Gasteiger partial charge in [-0.25, -0.2) is 0 Å². The molecule has 0 spiro atoms. The van der Waals surface area contributed by atoms with Crippen LogP contribution in [0, 0.1) is 0 Å². The Morgan fingerprint density at radius 1 is 1.60 bits per heavy atom. The van der Waals surface area contributed by atoms with E-state index in [1.165, 1.54) is 3.58 Å².